The lowest BCUT2D eigenvalue weighted by Crippen LogP contribution is -2.49. The third-order valence-electron chi connectivity index (χ3n) is 6.87. The van der Waals surface area contributed by atoms with Crippen LogP contribution in [0.25, 0.3) is 22.3 Å². The van der Waals surface area contributed by atoms with Crippen LogP contribution in [0.1, 0.15) is 34.3 Å². The highest BCUT2D eigenvalue weighted by molar-refractivity contribution is 5.97. The number of carbonyl (C=O) groups is 1. The molecule has 0 bridgehead atoms. The van der Waals surface area contributed by atoms with Gasteiger partial charge in [0.25, 0.3) is 5.91 Å². The van der Waals surface area contributed by atoms with Crippen molar-refractivity contribution in [2.75, 3.05) is 25.4 Å². The highest BCUT2D eigenvalue weighted by Gasteiger charge is 2.39. The van der Waals surface area contributed by atoms with E-state index in [0.29, 0.717) is 35.4 Å². The molecule has 0 radical (unpaired) electrons. The summed E-state index contributed by atoms with van der Waals surface area (Å²) >= 11 is 0. The molecule has 1 fully saturated rings. The van der Waals surface area contributed by atoms with E-state index in [9.17, 15) is 9.18 Å². The fraction of sp³-hybridized carbons (Fsp3) is 0.308. The van der Waals surface area contributed by atoms with Crippen molar-refractivity contribution in [3.63, 3.8) is 0 Å². The summed E-state index contributed by atoms with van der Waals surface area (Å²) in [7, 11) is 0. The number of halogens is 1. The largest absolute Gasteiger partial charge is 0.462 e. The predicted octanol–water partition coefficient (Wildman–Crippen LogP) is 3.41. The fourth-order valence-corrected chi connectivity index (χ4v) is 4.99. The molecule has 7 nitrogen and oxygen atoms in total. The molecule has 6 rings (SSSR count). The third-order valence-corrected chi connectivity index (χ3v) is 6.87. The number of pyridine rings is 1. The Balaban J connectivity index is 1.36. The number of aromatic nitrogens is 1. The maximum Gasteiger partial charge on any atom is 0.251 e. The van der Waals surface area contributed by atoms with E-state index in [2.05, 4.69) is 15.6 Å². The van der Waals surface area contributed by atoms with Gasteiger partial charge in [-0.3, -0.25) is 4.79 Å². The zero-order valence-corrected chi connectivity index (χ0v) is 18.6. The zero-order chi connectivity index (χ0) is 23.3. The second kappa shape index (κ2) is 8.07. The number of carbonyl (C=O) groups excluding carboxylic acids is 1. The number of amides is 1. The number of hydrogen-bond donors (Lipinski definition) is 3. The van der Waals surface area contributed by atoms with Gasteiger partial charge in [0.2, 0.25) is 11.7 Å². The number of nitrogens with zero attached hydrogens (tertiary/aromatic N) is 1. The van der Waals surface area contributed by atoms with Crippen LogP contribution >= 0.6 is 0 Å². The SMILES string of the molecule is Nc1nc(F)c(-c2ccc3c(c2)COC2(CCNCC2)O3)cc1-c1ccc2c(c1)CCNC2=O. The van der Waals surface area contributed by atoms with Crippen molar-refractivity contribution in [2.24, 2.45) is 0 Å². The maximum atomic E-state index is 15.0. The van der Waals surface area contributed by atoms with Crippen LogP contribution in [0.4, 0.5) is 10.2 Å². The highest BCUT2D eigenvalue weighted by atomic mass is 19.1. The van der Waals surface area contributed by atoms with Crippen LogP contribution in [0.5, 0.6) is 5.75 Å². The van der Waals surface area contributed by atoms with E-state index in [4.69, 9.17) is 15.2 Å². The van der Waals surface area contributed by atoms with E-state index in [-0.39, 0.29) is 11.7 Å². The molecule has 0 aliphatic carbocycles. The van der Waals surface area contributed by atoms with Crippen molar-refractivity contribution in [2.45, 2.75) is 31.7 Å². The molecule has 4 N–H and O–H groups in total. The van der Waals surface area contributed by atoms with Crippen LogP contribution in [-0.2, 0) is 17.8 Å². The number of nitrogens with two attached hydrogens (primary N) is 1. The van der Waals surface area contributed by atoms with E-state index in [1.165, 1.54) is 0 Å². The minimum absolute atomic E-state index is 0.0801. The number of benzene rings is 2. The molecule has 2 aromatic carbocycles. The first kappa shape index (κ1) is 21.1. The molecule has 3 aliphatic heterocycles. The van der Waals surface area contributed by atoms with Gasteiger partial charge in [-0.2, -0.15) is 4.39 Å². The summed E-state index contributed by atoms with van der Waals surface area (Å²) in [6.45, 7) is 2.71. The van der Waals surface area contributed by atoms with Crippen molar-refractivity contribution in [1.29, 1.82) is 0 Å². The van der Waals surface area contributed by atoms with E-state index >= 15 is 0 Å². The minimum atomic E-state index is -0.633. The van der Waals surface area contributed by atoms with Gasteiger partial charge in [0.15, 0.2) is 0 Å². The molecular weight excluding hydrogens is 435 g/mol. The second-order valence-electron chi connectivity index (χ2n) is 9.01. The second-order valence-corrected chi connectivity index (χ2v) is 9.01. The van der Waals surface area contributed by atoms with Crippen LogP contribution < -0.4 is 21.1 Å². The normalized spacial score (nSPS) is 18.6. The van der Waals surface area contributed by atoms with Crippen molar-refractivity contribution < 1.29 is 18.7 Å². The molecular formula is C26H25FN4O3. The van der Waals surface area contributed by atoms with Crippen LogP contribution in [0, 0.1) is 5.95 Å². The number of anilines is 1. The van der Waals surface area contributed by atoms with Gasteiger partial charge < -0.3 is 25.8 Å². The molecule has 1 saturated heterocycles. The summed E-state index contributed by atoms with van der Waals surface area (Å²) in [4.78, 5) is 16.1. The average molecular weight is 461 g/mol. The molecule has 174 valence electrons. The number of fused-ring (bicyclic) bond motifs is 2. The van der Waals surface area contributed by atoms with Crippen LogP contribution in [-0.4, -0.2) is 36.3 Å². The molecule has 34 heavy (non-hydrogen) atoms. The Labute approximate surface area is 196 Å². The minimum Gasteiger partial charge on any atom is -0.462 e. The number of nitrogen functional groups attached to an aromatic ring is 1. The van der Waals surface area contributed by atoms with Gasteiger partial charge in [-0.15, -0.1) is 0 Å². The maximum absolute atomic E-state index is 15.0. The van der Waals surface area contributed by atoms with Gasteiger partial charge in [0.05, 0.1) is 6.61 Å². The quantitative estimate of drug-likeness (QED) is 0.507. The molecule has 1 amide bonds. The Bertz CT molecular complexity index is 1300. The number of ether oxygens (including phenoxy) is 2. The van der Waals surface area contributed by atoms with Crippen molar-refractivity contribution in [3.05, 3.63) is 65.1 Å². The van der Waals surface area contributed by atoms with E-state index in [0.717, 1.165) is 54.8 Å². The van der Waals surface area contributed by atoms with Gasteiger partial charge in [-0.1, -0.05) is 18.2 Å². The third kappa shape index (κ3) is 3.59. The number of rotatable bonds is 2. The predicted molar refractivity (Wildman–Crippen MR) is 126 cm³/mol. The number of piperidine rings is 1. The molecule has 1 spiro atoms. The lowest BCUT2D eigenvalue weighted by Gasteiger charge is -2.41. The van der Waals surface area contributed by atoms with E-state index in [1.807, 2.05) is 30.3 Å². The lowest BCUT2D eigenvalue weighted by atomic mass is 9.93. The highest BCUT2D eigenvalue weighted by Crippen LogP contribution is 2.39. The van der Waals surface area contributed by atoms with Gasteiger partial charge in [-0.25, -0.2) is 4.98 Å². The lowest BCUT2D eigenvalue weighted by molar-refractivity contribution is -0.218. The molecule has 3 aliphatic rings. The Morgan fingerprint density at radius 2 is 1.71 bits per heavy atom. The number of hydrogen-bond acceptors (Lipinski definition) is 6. The topological polar surface area (TPSA) is 98.5 Å². The summed E-state index contributed by atoms with van der Waals surface area (Å²) in [5.41, 5.74) is 11.1. The smallest absolute Gasteiger partial charge is 0.251 e. The van der Waals surface area contributed by atoms with Crippen LogP contribution in [0.2, 0.25) is 0 Å². The van der Waals surface area contributed by atoms with Gasteiger partial charge in [-0.05, 0) is 47.4 Å². The van der Waals surface area contributed by atoms with Crippen LogP contribution in [0.3, 0.4) is 0 Å². The molecule has 4 heterocycles. The molecule has 3 aromatic rings. The molecule has 0 unspecified atom stereocenters. The molecule has 8 heteroatoms. The number of nitrogens with one attached hydrogen (secondary N) is 2. The van der Waals surface area contributed by atoms with Gasteiger partial charge in [0, 0.05) is 54.7 Å². The molecule has 0 saturated carbocycles. The zero-order valence-electron chi connectivity index (χ0n) is 18.6. The Kier molecular flexibility index (Phi) is 5.00. The first-order valence-electron chi connectivity index (χ1n) is 11.6. The summed E-state index contributed by atoms with van der Waals surface area (Å²) in [5, 5.41) is 6.16. The van der Waals surface area contributed by atoms with E-state index < -0.39 is 11.7 Å². The summed E-state index contributed by atoms with van der Waals surface area (Å²) < 4.78 is 27.3. The van der Waals surface area contributed by atoms with Crippen molar-refractivity contribution >= 4 is 11.7 Å². The Morgan fingerprint density at radius 1 is 0.941 bits per heavy atom. The monoisotopic (exact) mass is 460 g/mol. The fourth-order valence-electron chi connectivity index (χ4n) is 4.99. The van der Waals surface area contributed by atoms with Crippen molar-refractivity contribution in [1.82, 2.24) is 15.6 Å². The Morgan fingerprint density at radius 3 is 2.56 bits per heavy atom. The van der Waals surface area contributed by atoms with E-state index in [1.54, 1.807) is 12.1 Å². The summed E-state index contributed by atoms with van der Waals surface area (Å²) in [5.74, 6) is -0.410. The standard InChI is InChI=1S/C26H25FN4O3/c27-23-20(15-2-4-22-18(12-15)14-33-26(34-22)6-9-29-10-7-26)13-21(24(28)31-23)16-1-3-19-17(11-16)5-8-30-25(19)32/h1-4,11-13,29H,5-10,14H2,(H2,28,31)(H,30,32). The first-order chi connectivity index (χ1) is 16.5. The summed E-state index contributed by atoms with van der Waals surface area (Å²) in [6.07, 6.45) is 2.31. The first-order valence-corrected chi connectivity index (χ1v) is 11.6. The molecule has 1 aromatic heterocycles. The van der Waals surface area contributed by atoms with Crippen molar-refractivity contribution in [3.8, 4) is 28.0 Å². The summed E-state index contributed by atoms with van der Waals surface area (Å²) in [6, 6.07) is 12.9. The Hall–Kier alpha value is -3.49. The van der Waals surface area contributed by atoms with Gasteiger partial charge in [0.1, 0.15) is 11.6 Å². The van der Waals surface area contributed by atoms with Gasteiger partial charge >= 0.3 is 0 Å². The molecule has 0 atom stereocenters. The average Bonchev–Trinajstić information content (AvgIpc) is 2.84. The van der Waals surface area contributed by atoms with Crippen LogP contribution in [0.15, 0.2) is 42.5 Å².